The van der Waals surface area contributed by atoms with Gasteiger partial charge in [-0.1, -0.05) is 66.2 Å². The topological polar surface area (TPSA) is 81.5 Å². The minimum atomic E-state index is -0.620. The van der Waals surface area contributed by atoms with Crippen LogP contribution in [0.4, 0.5) is 5.69 Å². The van der Waals surface area contributed by atoms with E-state index in [0.29, 0.717) is 13.2 Å². The monoisotopic (exact) mass is 410 g/mol. The van der Waals surface area contributed by atoms with Crippen LogP contribution < -0.4 is 5.32 Å². The van der Waals surface area contributed by atoms with Gasteiger partial charge in [0.2, 0.25) is 0 Å². The van der Waals surface area contributed by atoms with E-state index in [1.807, 2.05) is 54.6 Å². The number of nitro benzene ring substituents is 1. The van der Waals surface area contributed by atoms with E-state index in [2.05, 4.69) is 5.32 Å². The molecule has 0 bridgehead atoms. The second-order valence-corrected chi connectivity index (χ2v) is 6.84. The smallest absolute Gasteiger partial charge is 0.283 e. The number of rotatable bonds is 8. The molecule has 0 saturated carbocycles. The van der Waals surface area contributed by atoms with Crippen molar-refractivity contribution in [2.75, 3.05) is 0 Å². The summed E-state index contributed by atoms with van der Waals surface area (Å²) in [6.07, 6.45) is 0. The van der Waals surface area contributed by atoms with Crippen LogP contribution in [0.1, 0.15) is 27.0 Å². The number of ether oxygens (including phenoxy) is 1. The standard InChI is InChI=1S/C22H19ClN2O4/c23-19-9-10-20(21(12-19)25(27)28)22(26)24-13-17-7-4-8-18(11-17)15-29-14-16-5-2-1-3-6-16/h1-12H,13-15H2,(H,24,26). The quantitative estimate of drug-likeness (QED) is 0.423. The lowest BCUT2D eigenvalue weighted by Crippen LogP contribution is -2.23. The van der Waals surface area contributed by atoms with Crippen molar-refractivity contribution in [3.8, 4) is 0 Å². The van der Waals surface area contributed by atoms with E-state index in [0.717, 1.165) is 16.7 Å². The summed E-state index contributed by atoms with van der Waals surface area (Å²) < 4.78 is 5.73. The molecule has 0 spiro atoms. The number of hydrogen-bond acceptors (Lipinski definition) is 4. The summed E-state index contributed by atoms with van der Waals surface area (Å²) in [5.41, 5.74) is 2.60. The van der Waals surface area contributed by atoms with Crippen LogP contribution in [0.2, 0.25) is 5.02 Å². The maximum absolute atomic E-state index is 12.4. The first-order chi connectivity index (χ1) is 14.0. The molecule has 0 radical (unpaired) electrons. The maximum atomic E-state index is 12.4. The average molecular weight is 411 g/mol. The number of nitrogens with zero attached hydrogens (tertiary/aromatic N) is 1. The molecule has 0 unspecified atom stereocenters. The van der Waals surface area contributed by atoms with Gasteiger partial charge in [0.25, 0.3) is 11.6 Å². The van der Waals surface area contributed by atoms with Crippen molar-refractivity contribution in [3.63, 3.8) is 0 Å². The molecule has 3 aromatic rings. The van der Waals surface area contributed by atoms with Crippen LogP contribution in [-0.4, -0.2) is 10.8 Å². The summed E-state index contributed by atoms with van der Waals surface area (Å²) in [5, 5.41) is 14.1. The molecule has 0 fully saturated rings. The zero-order chi connectivity index (χ0) is 20.6. The molecule has 3 rings (SSSR count). The lowest BCUT2D eigenvalue weighted by Gasteiger charge is -2.09. The van der Waals surface area contributed by atoms with E-state index >= 15 is 0 Å². The van der Waals surface area contributed by atoms with Gasteiger partial charge in [-0.2, -0.15) is 0 Å². The Bertz CT molecular complexity index is 1010. The normalized spacial score (nSPS) is 10.5. The number of nitro groups is 1. The molecule has 0 atom stereocenters. The van der Waals surface area contributed by atoms with Gasteiger partial charge in [0.15, 0.2) is 0 Å². The second kappa shape index (κ2) is 9.82. The summed E-state index contributed by atoms with van der Waals surface area (Å²) in [5.74, 6) is -0.529. The van der Waals surface area contributed by atoms with E-state index in [4.69, 9.17) is 16.3 Å². The van der Waals surface area contributed by atoms with Crippen molar-refractivity contribution in [2.24, 2.45) is 0 Å². The predicted molar refractivity (Wildman–Crippen MR) is 111 cm³/mol. The highest BCUT2D eigenvalue weighted by atomic mass is 35.5. The van der Waals surface area contributed by atoms with Gasteiger partial charge in [-0.25, -0.2) is 0 Å². The van der Waals surface area contributed by atoms with Crippen LogP contribution in [0.25, 0.3) is 0 Å². The molecule has 1 amide bonds. The van der Waals surface area contributed by atoms with Crippen molar-refractivity contribution in [3.05, 3.63) is 110 Å². The summed E-state index contributed by atoms with van der Waals surface area (Å²) in [4.78, 5) is 22.9. The minimum Gasteiger partial charge on any atom is -0.372 e. The Morgan fingerprint density at radius 2 is 1.62 bits per heavy atom. The van der Waals surface area contributed by atoms with E-state index < -0.39 is 10.8 Å². The van der Waals surface area contributed by atoms with Crippen molar-refractivity contribution in [2.45, 2.75) is 19.8 Å². The molecular formula is C22H19ClN2O4. The molecule has 0 aliphatic rings. The number of amides is 1. The third-order valence-corrected chi connectivity index (χ3v) is 4.46. The van der Waals surface area contributed by atoms with Crippen molar-refractivity contribution < 1.29 is 14.5 Å². The second-order valence-electron chi connectivity index (χ2n) is 6.40. The third kappa shape index (κ3) is 5.88. The van der Waals surface area contributed by atoms with Crippen molar-refractivity contribution in [1.29, 1.82) is 0 Å². The lowest BCUT2D eigenvalue weighted by molar-refractivity contribution is -0.385. The first kappa shape index (κ1) is 20.5. The summed E-state index contributed by atoms with van der Waals surface area (Å²) >= 11 is 5.79. The van der Waals surface area contributed by atoms with Gasteiger partial charge in [-0.15, -0.1) is 0 Å². The zero-order valence-electron chi connectivity index (χ0n) is 15.5. The molecule has 1 N–H and O–H groups in total. The van der Waals surface area contributed by atoms with Gasteiger partial charge < -0.3 is 10.1 Å². The molecule has 0 heterocycles. The van der Waals surface area contributed by atoms with Gasteiger partial charge in [0.05, 0.1) is 18.1 Å². The van der Waals surface area contributed by atoms with Crippen LogP contribution in [0.15, 0.2) is 72.8 Å². The lowest BCUT2D eigenvalue weighted by atomic mass is 10.1. The van der Waals surface area contributed by atoms with Crippen molar-refractivity contribution >= 4 is 23.2 Å². The highest BCUT2D eigenvalue weighted by Gasteiger charge is 2.20. The highest BCUT2D eigenvalue weighted by Crippen LogP contribution is 2.23. The van der Waals surface area contributed by atoms with Crippen LogP contribution in [0.3, 0.4) is 0 Å². The number of hydrogen-bond donors (Lipinski definition) is 1. The van der Waals surface area contributed by atoms with Crippen LogP contribution in [-0.2, 0) is 24.5 Å². The molecule has 0 saturated heterocycles. The summed E-state index contributed by atoms with van der Waals surface area (Å²) in [6, 6.07) is 21.5. The fraction of sp³-hybridized carbons (Fsp3) is 0.136. The van der Waals surface area contributed by atoms with E-state index in [-0.39, 0.29) is 22.8 Å². The number of halogens is 1. The molecule has 7 heteroatoms. The van der Waals surface area contributed by atoms with Gasteiger partial charge in [-0.3, -0.25) is 14.9 Å². The molecule has 0 aliphatic carbocycles. The Morgan fingerprint density at radius 1 is 0.931 bits per heavy atom. The fourth-order valence-corrected chi connectivity index (χ4v) is 2.98. The molecular weight excluding hydrogens is 392 g/mol. The summed E-state index contributed by atoms with van der Waals surface area (Å²) in [6.45, 7) is 1.20. The van der Waals surface area contributed by atoms with E-state index in [1.165, 1.54) is 18.2 Å². The first-order valence-electron chi connectivity index (χ1n) is 8.94. The minimum absolute atomic E-state index is 0.0262. The molecule has 6 nitrogen and oxygen atoms in total. The molecule has 0 aromatic heterocycles. The Balaban J connectivity index is 1.58. The number of carbonyl (C=O) groups is 1. The van der Waals surface area contributed by atoms with Gasteiger partial charge in [0, 0.05) is 17.6 Å². The first-order valence-corrected chi connectivity index (χ1v) is 9.32. The predicted octanol–water partition coefficient (Wildman–Crippen LogP) is 4.90. The maximum Gasteiger partial charge on any atom is 0.283 e. The Hall–Kier alpha value is -3.22. The van der Waals surface area contributed by atoms with Gasteiger partial charge in [0.1, 0.15) is 5.56 Å². The Labute approximate surface area is 173 Å². The van der Waals surface area contributed by atoms with Crippen LogP contribution >= 0.6 is 11.6 Å². The van der Waals surface area contributed by atoms with Crippen molar-refractivity contribution in [1.82, 2.24) is 5.32 Å². The zero-order valence-corrected chi connectivity index (χ0v) is 16.3. The van der Waals surface area contributed by atoms with Crippen LogP contribution in [0, 0.1) is 10.1 Å². The SMILES string of the molecule is O=C(NCc1cccc(COCc2ccccc2)c1)c1ccc(Cl)cc1[N+](=O)[O-]. The fourth-order valence-electron chi connectivity index (χ4n) is 2.82. The Morgan fingerprint density at radius 3 is 2.38 bits per heavy atom. The van der Waals surface area contributed by atoms with Gasteiger partial charge in [-0.05, 0) is 28.8 Å². The van der Waals surface area contributed by atoms with Gasteiger partial charge >= 0.3 is 0 Å². The average Bonchev–Trinajstić information content (AvgIpc) is 2.73. The molecule has 148 valence electrons. The van der Waals surface area contributed by atoms with E-state index in [1.54, 1.807) is 0 Å². The highest BCUT2D eigenvalue weighted by molar-refractivity contribution is 6.31. The molecule has 0 aliphatic heterocycles. The number of nitrogens with one attached hydrogen (secondary N) is 1. The third-order valence-electron chi connectivity index (χ3n) is 4.23. The van der Waals surface area contributed by atoms with E-state index in [9.17, 15) is 14.9 Å². The number of benzene rings is 3. The Kier molecular flexibility index (Phi) is 6.94. The summed E-state index contributed by atoms with van der Waals surface area (Å²) in [7, 11) is 0. The molecule has 3 aromatic carbocycles. The largest absolute Gasteiger partial charge is 0.372 e. The number of carbonyl (C=O) groups excluding carboxylic acids is 1. The van der Waals surface area contributed by atoms with Crippen LogP contribution in [0.5, 0.6) is 0 Å². The molecule has 29 heavy (non-hydrogen) atoms.